The molecule has 6 nitrogen and oxygen atoms in total. The number of nitrogens with one attached hydrogen (secondary N) is 1. The monoisotopic (exact) mass is 259 g/mol. The van der Waals surface area contributed by atoms with Crippen molar-refractivity contribution in [1.82, 2.24) is 5.32 Å². The highest BCUT2D eigenvalue weighted by Gasteiger charge is 2.14. The Kier molecular flexibility index (Phi) is 8.32. The SMILES string of the molecule is CC(C)CC(N)C(=O)NCCCC[C@H](N)C(=O)O. The summed E-state index contributed by atoms with van der Waals surface area (Å²) >= 11 is 0. The number of carboxylic acids is 1. The summed E-state index contributed by atoms with van der Waals surface area (Å²) in [6.07, 6.45) is 2.47. The van der Waals surface area contributed by atoms with Gasteiger partial charge >= 0.3 is 5.97 Å². The van der Waals surface area contributed by atoms with Gasteiger partial charge in [0.25, 0.3) is 0 Å². The number of rotatable bonds is 9. The topological polar surface area (TPSA) is 118 Å². The number of nitrogens with two attached hydrogens (primary N) is 2. The highest BCUT2D eigenvalue weighted by Crippen LogP contribution is 2.03. The van der Waals surface area contributed by atoms with Crippen LogP contribution in [0, 0.1) is 5.92 Å². The van der Waals surface area contributed by atoms with E-state index in [1.54, 1.807) is 0 Å². The van der Waals surface area contributed by atoms with E-state index in [-0.39, 0.29) is 5.91 Å². The zero-order valence-corrected chi connectivity index (χ0v) is 11.2. The Bertz CT molecular complexity index is 269. The molecule has 6 N–H and O–H groups in total. The molecule has 0 saturated carbocycles. The molecule has 0 aromatic heterocycles. The maximum absolute atomic E-state index is 11.5. The van der Waals surface area contributed by atoms with E-state index in [2.05, 4.69) is 5.32 Å². The molecule has 0 aliphatic rings. The van der Waals surface area contributed by atoms with Crippen LogP contribution in [0.2, 0.25) is 0 Å². The molecular formula is C12H25N3O3. The molecule has 0 rings (SSSR count). The third-order valence-electron chi connectivity index (χ3n) is 2.62. The third-order valence-corrected chi connectivity index (χ3v) is 2.62. The maximum Gasteiger partial charge on any atom is 0.320 e. The summed E-state index contributed by atoms with van der Waals surface area (Å²) in [6.45, 7) is 4.54. The molecule has 2 atom stereocenters. The van der Waals surface area contributed by atoms with Crippen LogP contribution in [-0.4, -0.2) is 35.6 Å². The van der Waals surface area contributed by atoms with Gasteiger partial charge in [-0.25, -0.2) is 0 Å². The Labute approximate surface area is 108 Å². The van der Waals surface area contributed by atoms with E-state index in [1.807, 2.05) is 13.8 Å². The summed E-state index contributed by atoms with van der Waals surface area (Å²) in [5.74, 6) is -0.747. The van der Waals surface area contributed by atoms with Crippen molar-refractivity contribution in [2.45, 2.75) is 51.6 Å². The highest BCUT2D eigenvalue weighted by atomic mass is 16.4. The van der Waals surface area contributed by atoms with E-state index in [4.69, 9.17) is 16.6 Å². The third kappa shape index (κ3) is 8.03. The van der Waals surface area contributed by atoms with Crippen LogP contribution in [0.4, 0.5) is 0 Å². The van der Waals surface area contributed by atoms with Crippen LogP contribution in [0.5, 0.6) is 0 Å². The number of hydrogen-bond acceptors (Lipinski definition) is 4. The Balaban J connectivity index is 3.60. The van der Waals surface area contributed by atoms with Gasteiger partial charge in [-0.05, 0) is 31.6 Å². The lowest BCUT2D eigenvalue weighted by Crippen LogP contribution is -2.41. The number of amides is 1. The highest BCUT2D eigenvalue weighted by molar-refractivity contribution is 5.81. The van der Waals surface area contributed by atoms with Crippen molar-refractivity contribution in [3.05, 3.63) is 0 Å². The lowest BCUT2D eigenvalue weighted by Gasteiger charge is -2.14. The summed E-state index contributed by atoms with van der Waals surface area (Å²) in [4.78, 5) is 22.0. The van der Waals surface area contributed by atoms with Gasteiger partial charge in [-0.3, -0.25) is 9.59 Å². The van der Waals surface area contributed by atoms with E-state index in [9.17, 15) is 9.59 Å². The Morgan fingerprint density at radius 3 is 2.28 bits per heavy atom. The van der Waals surface area contributed by atoms with Gasteiger partial charge in [0.15, 0.2) is 0 Å². The van der Waals surface area contributed by atoms with Crippen LogP contribution >= 0.6 is 0 Å². The van der Waals surface area contributed by atoms with E-state index in [0.717, 1.165) is 0 Å². The van der Waals surface area contributed by atoms with Crippen molar-refractivity contribution in [2.75, 3.05) is 6.54 Å². The molecule has 0 bridgehead atoms. The predicted octanol–water partition coefficient (Wildman–Crippen LogP) is 0.0582. The van der Waals surface area contributed by atoms with Crippen molar-refractivity contribution in [1.29, 1.82) is 0 Å². The van der Waals surface area contributed by atoms with E-state index < -0.39 is 18.1 Å². The molecule has 0 aromatic rings. The Morgan fingerprint density at radius 1 is 1.17 bits per heavy atom. The second-order valence-electron chi connectivity index (χ2n) is 4.97. The molecule has 0 aliphatic heterocycles. The molecule has 0 spiro atoms. The fourth-order valence-electron chi connectivity index (χ4n) is 1.57. The maximum atomic E-state index is 11.5. The first-order valence-corrected chi connectivity index (χ1v) is 6.36. The smallest absolute Gasteiger partial charge is 0.320 e. The van der Waals surface area contributed by atoms with Gasteiger partial charge in [-0.1, -0.05) is 13.8 Å². The van der Waals surface area contributed by atoms with Crippen LogP contribution < -0.4 is 16.8 Å². The van der Waals surface area contributed by atoms with E-state index >= 15 is 0 Å². The number of carbonyl (C=O) groups is 2. The minimum absolute atomic E-state index is 0.147. The summed E-state index contributed by atoms with van der Waals surface area (Å²) in [6, 6.07) is -1.28. The largest absolute Gasteiger partial charge is 0.480 e. The molecule has 0 heterocycles. The summed E-state index contributed by atoms with van der Waals surface area (Å²) in [5, 5.41) is 11.3. The van der Waals surface area contributed by atoms with Gasteiger partial charge < -0.3 is 21.9 Å². The quantitative estimate of drug-likeness (QED) is 0.437. The van der Waals surface area contributed by atoms with E-state index in [0.29, 0.717) is 38.1 Å². The molecule has 0 fully saturated rings. The number of hydrogen-bond donors (Lipinski definition) is 4. The molecule has 1 amide bonds. The number of carbonyl (C=O) groups excluding carboxylic acids is 1. The normalized spacial score (nSPS) is 14.3. The molecular weight excluding hydrogens is 234 g/mol. The summed E-state index contributed by atoms with van der Waals surface area (Å²) < 4.78 is 0. The van der Waals surface area contributed by atoms with Crippen molar-refractivity contribution >= 4 is 11.9 Å². The van der Waals surface area contributed by atoms with Gasteiger partial charge in [-0.2, -0.15) is 0 Å². The Hall–Kier alpha value is -1.14. The molecule has 0 radical (unpaired) electrons. The minimum Gasteiger partial charge on any atom is -0.480 e. The van der Waals surface area contributed by atoms with Crippen LogP contribution in [-0.2, 0) is 9.59 Å². The van der Waals surface area contributed by atoms with Crippen LogP contribution in [0.15, 0.2) is 0 Å². The van der Waals surface area contributed by atoms with Gasteiger partial charge in [0.2, 0.25) is 5.91 Å². The van der Waals surface area contributed by atoms with Gasteiger partial charge in [-0.15, -0.1) is 0 Å². The van der Waals surface area contributed by atoms with Crippen LogP contribution in [0.3, 0.4) is 0 Å². The second-order valence-corrected chi connectivity index (χ2v) is 4.97. The number of carboxylic acid groups (broad SMARTS) is 1. The van der Waals surface area contributed by atoms with Crippen molar-refractivity contribution in [3.63, 3.8) is 0 Å². The summed E-state index contributed by atoms with van der Waals surface area (Å²) in [5.41, 5.74) is 11.1. The molecule has 106 valence electrons. The zero-order chi connectivity index (χ0) is 14.1. The van der Waals surface area contributed by atoms with Gasteiger partial charge in [0.05, 0.1) is 6.04 Å². The minimum atomic E-state index is -0.988. The first kappa shape index (κ1) is 16.9. The molecule has 1 unspecified atom stereocenters. The molecule has 0 aliphatic carbocycles. The van der Waals surface area contributed by atoms with Crippen molar-refractivity contribution < 1.29 is 14.7 Å². The second kappa shape index (κ2) is 8.88. The van der Waals surface area contributed by atoms with Crippen LogP contribution in [0.25, 0.3) is 0 Å². The molecule has 0 aromatic carbocycles. The molecule has 0 saturated heterocycles. The lowest BCUT2D eigenvalue weighted by atomic mass is 10.0. The fraction of sp³-hybridized carbons (Fsp3) is 0.833. The number of unbranched alkanes of at least 4 members (excludes halogenated alkanes) is 1. The molecule has 18 heavy (non-hydrogen) atoms. The van der Waals surface area contributed by atoms with Crippen molar-refractivity contribution in [3.8, 4) is 0 Å². The Morgan fingerprint density at radius 2 is 1.78 bits per heavy atom. The van der Waals surface area contributed by atoms with E-state index in [1.165, 1.54) is 0 Å². The fourth-order valence-corrected chi connectivity index (χ4v) is 1.57. The predicted molar refractivity (Wildman–Crippen MR) is 69.9 cm³/mol. The number of aliphatic carboxylic acids is 1. The first-order valence-electron chi connectivity index (χ1n) is 6.36. The first-order chi connectivity index (χ1) is 8.34. The standard InChI is InChI=1S/C12H25N3O3/c1-8(2)7-10(14)11(16)15-6-4-3-5-9(13)12(17)18/h8-10H,3-7,13-14H2,1-2H3,(H,15,16)(H,17,18)/t9-,10?/m0/s1. The zero-order valence-electron chi connectivity index (χ0n) is 11.2. The molecule has 6 heteroatoms. The average Bonchev–Trinajstić information content (AvgIpc) is 2.26. The van der Waals surface area contributed by atoms with Crippen molar-refractivity contribution in [2.24, 2.45) is 17.4 Å². The van der Waals surface area contributed by atoms with Gasteiger partial charge in [0.1, 0.15) is 6.04 Å². The van der Waals surface area contributed by atoms with Crippen LogP contribution in [0.1, 0.15) is 39.5 Å². The lowest BCUT2D eigenvalue weighted by molar-refractivity contribution is -0.138. The summed E-state index contributed by atoms with van der Waals surface area (Å²) in [7, 11) is 0. The average molecular weight is 259 g/mol. The van der Waals surface area contributed by atoms with Gasteiger partial charge in [0, 0.05) is 6.54 Å².